The number of hydrogen-bond acceptors (Lipinski definition) is 11. The zero-order valence-corrected chi connectivity index (χ0v) is 40.1. The Morgan fingerprint density at radius 3 is 1.47 bits per heavy atom. The lowest BCUT2D eigenvalue weighted by Crippen LogP contribution is -2.29. The van der Waals surface area contributed by atoms with E-state index in [9.17, 15) is 50.6 Å². The van der Waals surface area contributed by atoms with E-state index < -0.39 is 41.5 Å². The number of nitrogens with zero attached hydrogens (tertiary/aromatic N) is 6. The normalized spacial score (nSPS) is 13.5. The Labute approximate surface area is 416 Å². The number of nitrogens with one attached hydrogen (secondary N) is 1. The predicted molar refractivity (Wildman–Crippen MR) is 261 cm³/mol. The molecule has 0 unspecified atom stereocenters. The minimum absolute atomic E-state index is 0.00769. The number of carboxylic acid groups (broad SMARTS) is 1. The number of anilines is 2. The Kier molecular flexibility index (Phi) is 17.0. The quantitative estimate of drug-likeness (QED) is 0.0736. The summed E-state index contributed by atoms with van der Waals surface area (Å²) in [6.45, 7) is 13.3. The predicted octanol–water partition coefficient (Wildman–Crippen LogP) is 9.60. The van der Waals surface area contributed by atoms with Gasteiger partial charge in [0.2, 0.25) is 0 Å². The second-order valence-corrected chi connectivity index (χ2v) is 16.8. The fraction of sp³-hybridized carbons (Fsp3) is 0.269. The molecule has 2 aliphatic rings. The molecule has 4 aromatic carbocycles. The van der Waals surface area contributed by atoms with Crippen molar-refractivity contribution in [2.45, 2.75) is 64.5 Å². The molecule has 4 heterocycles. The second kappa shape index (κ2) is 22.9. The largest absolute Gasteiger partial charge is 0.477 e. The van der Waals surface area contributed by atoms with Crippen LogP contribution in [0.3, 0.4) is 0 Å². The van der Waals surface area contributed by atoms with E-state index in [0.717, 1.165) is 35.4 Å². The fourth-order valence-corrected chi connectivity index (χ4v) is 8.11. The summed E-state index contributed by atoms with van der Waals surface area (Å²) >= 11 is 0. The number of rotatable bonds is 13. The molecule has 2 aromatic heterocycles. The third-order valence-corrected chi connectivity index (χ3v) is 11.8. The van der Waals surface area contributed by atoms with Gasteiger partial charge in [-0.3, -0.25) is 4.79 Å². The zero-order chi connectivity index (χ0) is 53.4. The number of nitrogens with two attached hydrogens (primary N) is 1. The van der Waals surface area contributed by atoms with E-state index in [-0.39, 0.29) is 42.3 Å². The molecule has 6 aromatic rings. The molecule has 4 N–H and O–H groups in total. The topological polar surface area (TPSA) is 187 Å². The fourth-order valence-electron chi connectivity index (χ4n) is 8.11. The summed E-state index contributed by atoms with van der Waals surface area (Å²) in [5, 5.41) is 21.0. The minimum atomic E-state index is -4.44. The average molecular weight is 1020 g/mol. The highest BCUT2D eigenvalue weighted by Crippen LogP contribution is 2.35. The zero-order valence-electron chi connectivity index (χ0n) is 40.1. The van der Waals surface area contributed by atoms with Crippen molar-refractivity contribution in [2.24, 2.45) is 5.73 Å². The van der Waals surface area contributed by atoms with E-state index in [0.29, 0.717) is 71.3 Å². The lowest BCUT2D eigenvalue weighted by Gasteiger charge is -2.21. The van der Waals surface area contributed by atoms with E-state index in [2.05, 4.69) is 33.4 Å². The Hall–Kier alpha value is -8.20. The number of alkyl halides is 6. The molecule has 0 saturated carbocycles. The van der Waals surface area contributed by atoms with Gasteiger partial charge in [0.15, 0.2) is 0 Å². The first kappa shape index (κ1) is 54.1. The number of aromatic nitrogens is 4. The van der Waals surface area contributed by atoms with Crippen LogP contribution in [0.15, 0.2) is 110 Å². The molecular formula is C52H52F6N8O7. The molecule has 0 fully saturated rings. The van der Waals surface area contributed by atoms with Crippen LogP contribution in [0.2, 0.25) is 0 Å². The highest BCUT2D eigenvalue weighted by Gasteiger charge is 2.35. The van der Waals surface area contributed by atoms with Crippen LogP contribution in [-0.2, 0) is 48.0 Å². The molecule has 0 saturated heterocycles. The van der Waals surface area contributed by atoms with Crippen molar-refractivity contribution < 1.29 is 60.1 Å². The van der Waals surface area contributed by atoms with E-state index in [1.807, 2.05) is 30.9 Å². The Bertz CT molecular complexity index is 2980. The van der Waals surface area contributed by atoms with Gasteiger partial charge in [0.25, 0.3) is 5.91 Å². The first-order valence-corrected chi connectivity index (χ1v) is 22.5. The summed E-state index contributed by atoms with van der Waals surface area (Å²) in [5.41, 5.74) is 8.86. The lowest BCUT2D eigenvalue weighted by molar-refractivity contribution is -0.138. The van der Waals surface area contributed by atoms with E-state index in [4.69, 9.17) is 10.5 Å². The van der Waals surface area contributed by atoms with Crippen LogP contribution in [0.25, 0.3) is 12.2 Å². The molecule has 0 spiro atoms. The van der Waals surface area contributed by atoms with E-state index >= 15 is 0 Å². The maximum Gasteiger partial charge on any atom is 0.416 e. The first-order chi connectivity index (χ1) is 34.6. The molecule has 2 atom stereocenters. The molecular weight excluding hydrogens is 963 g/mol. The number of hydrogen-bond donors (Lipinski definition) is 3. The van der Waals surface area contributed by atoms with Crippen molar-refractivity contribution in [3.05, 3.63) is 177 Å². The van der Waals surface area contributed by atoms with Gasteiger partial charge in [0.05, 0.1) is 61.3 Å². The highest BCUT2D eigenvalue weighted by atomic mass is 19.4. The molecule has 21 heteroatoms. The van der Waals surface area contributed by atoms with Crippen LogP contribution >= 0.6 is 0 Å². The number of ether oxygens (including phenoxy) is 2. The van der Waals surface area contributed by atoms with Crippen LogP contribution in [0.4, 0.5) is 38.0 Å². The van der Waals surface area contributed by atoms with Crippen LogP contribution < -0.4 is 20.9 Å². The molecule has 8 rings (SSSR count). The monoisotopic (exact) mass is 1010 g/mol. The van der Waals surface area contributed by atoms with Crippen LogP contribution in [0, 0.1) is 0 Å². The number of benzene rings is 4. The van der Waals surface area contributed by atoms with Crippen molar-refractivity contribution >= 4 is 47.6 Å². The number of carbonyl (C=O) groups excluding carboxylic acids is 3. The summed E-state index contributed by atoms with van der Waals surface area (Å²) in [6.07, 6.45) is -6.00. The van der Waals surface area contributed by atoms with Crippen molar-refractivity contribution in [1.82, 2.24) is 24.9 Å². The molecule has 2 aliphatic heterocycles. The number of amides is 1. The summed E-state index contributed by atoms with van der Waals surface area (Å²) < 4.78 is 90.5. The lowest BCUT2D eigenvalue weighted by atomic mass is 10.1. The average Bonchev–Trinajstić information content (AvgIpc) is 4.15. The summed E-state index contributed by atoms with van der Waals surface area (Å²) in [5.74, 6) is -1.36. The molecule has 73 heavy (non-hydrogen) atoms. The minimum Gasteiger partial charge on any atom is -0.477 e. The van der Waals surface area contributed by atoms with Gasteiger partial charge < -0.3 is 35.4 Å². The van der Waals surface area contributed by atoms with Crippen molar-refractivity contribution in [3.63, 3.8) is 0 Å². The Morgan fingerprint density at radius 2 is 1.08 bits per heavy atom. The third-order valence-electron chi connectivity index (χ3n) is 11.8. The first-order valence-electron chi connectivity index (χ1n) is 22.5. The SMILES string of the molecule is C=Cc1nn2c(c1C(=O)N[C@@H](C)c1ccc(C(=O)OC)cc1)N(Cc1cccc(C(F)(F)F)c1)CC2.C=Cc1nn2c(c1C(=O)O)N(Cc1cccc(C(F)(F)F)c1)CC2.COC(=O)c1ccc([C@H](C)N)cc1. The highest BCUT2D eigenvalue weighted by molar-refractivity contribution is 6.02. The van der Waals surface area contributed by atoms with Gasteiger partial charge >= 0.3 is 30.3 Å². The maximum atomic E-state index is 13.4. The van der Waals surface area contributed by atoms with Crippen LogP contribution in [0.5, 0.6) is 0 Å². The number of esters is 2. The number of fused-ring (bicyclic) bond motifs is 2. The molecule has 384 valence electrons. The van der Waals surface area contributed by atoms with Gasteiger partial charge in [0, 0.05) is 32.2 Å². The van der Waals surface area contributed by atoms with Gasteiger partial charge in [-0.2, -0.15) is 36.5 Å². The number of aromatic carboxylic acids is 1. The molecule has 0 bridgehead atoms. The van der Waals surface area contributed by atoms with Crippen LogP contribution in [-0.4, -0.2) is 75.8 Å². The third kappa shape index (κ3) is 12.8. The number of methoxy groups -OCH3 is 2. The molecule has 1 amide bonds. The molecule has 15 nitrogen and oxygen atoms in total. The van der Waals surface area contributed by atoms with Gasteiger partial charge in [-0.1, -0.05) is 61.7 Å². The number of halogens is 6. The van der Waals surface area contributed by atoms with Gasteiger partial charge in [-0.05, 0) is 96.8 Å². The van der Waals surface area contributed by atoms with Gasteiger partial charge in [0.1, 0.15) is 28.5 Å². The summed E-state index contributed by atoms with van der Waals surface area (Å²) in [6, 6.07) is 23.6. The summed E-state index contributed by atoms with van der Waals surface area (Å²) in [4.78, 5) is 51.2. The smallest absolute Gasteiger partial charge is 0.416 e. The number of carbonyl (C=O) groups is 4. The van der Waals surface area contributed by atoms with Crippen LogP contribution in [0.1, 0.15) is 112 Å². The van der Waals surface area contributed by atoms with Crippen molar-refractivity contribution in [2.75, 3.05) is 37.1 Å². The molecule has 0 radical (unpaired) electrons. The van der Waals surface area contributed by atoms with Gasteiger partial charge in [-0.15, -0.1) is 0 Å². The second-order valence-electron chi connectivity index (χ2n) is 16.8. The van der Waals surface area contributed by atoms with Crippen molar-refractivity contribution in [1.29, 1.82) is 0 Å². The van der Waals surface area contributed by atoms with Gasteiger partial charge in [-0.25, -0.2) is 23.7 Å². The van der Waals surface area contributed by atoms with Crippen molar-refractivity contribution in [3.8, 4) is 0 Å². The number of carboxylic acids is 1. The Balaban J connectivity index is 0.000000201. The summed E-state index contributed by atoms with van der Waals surface area (Å²) in [7, 11) is 2.67. The standard InChI is InChI=1S/C26H25F3N4O3.C16H14F3N3O2.C10H13NO2/c1-4-21-22(23(34)30-16(2)18-8-10-19(11-9-18)25(35)36-3)24-32(12-13-33(24)31-21)15-17-6-5-7-20(14-17)26(27,28)29;1-2-12-13(15(23)24)14-21(6-7-22(14)20-12)9-10-4-3-5-11(8-10)16(17,18)19;1-7(11)8-3-5-9(6-4-8)10(12)13-2/h4-11,14,16H,1,12-13,15H2,2-3H3,(H,30,34);2-5,8H,1,6-7,9H2,(H,23,24);3-7H,11H2,1-2H3/t16-;;7-/m0.0/s1. The Morgan fingerprint density at radius 1 is 0.671 bits per heavy atom. The molecule has 0 aliphatic carbocycles. The van der Waals surface area contributed by atoms with E-state index in [1.54, 1.807) is 62.8 Å². The van der Waals surface area contributed by atoms with E-state index in [1.165, 1.54) is 38.5 Å². The maximum absolute atomic E-state index is 13.4.